The molecule has 1 aromatic carbocycles. The van der Waals surface area contributed by atoms with E-state index in [0.717, 1.165) is 17.8 Å². The Hall–Kier alpha value is -2.09. The molecular weight excluding hydrogens is 271 g/mol. The van der Waals surface area contributed by atoms with Gasteiger partial charge in [0, 0.05) is 6.92 Å². The molecule has 2 rings (SSSR count). The van der Waals surface area contributed by atoms with Crippen LogP contribution in [0.2, 0.25) is 0 Å². The van der Waals surface area contributed by atoms with Gasteiger partial charge in [0.2, 0.25) is 11.8 Å². The summed E-state index contributed by atoms with van der Waals surface area (Å²) in [6.07, 6.45) is 0. The highest BCUT2D eigenvalue weighted by atomic mass is 32.2. The first-order valence-electron chi connectivity index (χ1n) is 5.32. The maximum absolute atomic E-state index is 12.8. The van der Waals surface area contributed by atoms with Crippen LogP contribution in [0, 0.1) is 12.7 Å². The molecular formula is C11H11FN4O2S. The van der Waals surface area contributed by atoms with E-state index in [-0.39, 0.29) is 17.3 Å². The van der Waals surface area contributed by atoms with Gasteiger partial charge in [0.05, 0.1) is 17.1 Å². The largest absolute Gasteiger partial charge is 0.416 e. The minimum Gasteiger partial charge on any atom is -0.416 e. The number of nitrogens with two attached hydrogens (primary N) is 1. The van der Waals surface area contributed by atoms with Gasteiger partial charge >= 0.3 is 0 Å². The Morgan fingerprint density at radius 1 is 1.53 bits per heavy atom. The zero-order chi connectivity index (χ0) is 13.8. The van der Waals surface area contributed by atoms with Gasteiger partial charge in [-0.3, -0.25) is 4.79 Å². The van der Waals surface area contributed by atoms with Crippen LogP contribution in [0.3, 0.4) is 0 Å². The van der Waals surface area contributed by atoms with Crippen molar-refractivity contribution in [2.75, 3.05) is 16.8 Å². The lowest BCUT2D eigenvalue weighted by Crippen LogP contribution is -2.15. The van der Waals surface area contributed by atoms with Crippen LogP contribution in [0.15, 0.2) is 27.8 Å². The highest BCUT2D eigenvalue weighted by Gasteiger charge is 2.09. The Balaban J connectivity index is 1.90. The molecule has 0 radical (unpaired) electrons. The number of aryl methyl sites for hydroxylation is 1. The van der Waals surface area contributed by atoms with Gasteiger partial charge in [-0.15, -0.1) is 10.2 Å². The molecule has 0 spiro atoms. The first kappa shape index (κ1) is 13.3. The number of nitrogens with one attached hydrogen (secondary N) is 1. The van der Waals surface area contributed by atoms with Crippen molar-refractivity contribution in [3.05, 3.63) is 29.9 Å². The first-order valence-corrected chi connectivity index (χ1v) is 6.31. The van der Waals surface area contributed by atoms with E-state index in [1.165, 1.54) is 12.1 Å². The summed E-state index contributed by atoms with van der Waals surface area (Å²) in [5.41, 5.74) is 6.12. The quantitative estimate of drug-likeness (QED) is 0.656. The van der Waals surface area contributed by atoms with Gasteiger partial charge in [-0.05, 0) is 18.2 Å². The standard InChI is InChI=1S/C11H11FN4O2S/c1-6-15-16-11(18-6)19-5-10(17)14-9-3-2-7(12)4-8(9)13/h2-4H,5,13H2,1H3,(H,14,17). The topological polar surface area (TPSA) is 94.0 Å². The summed E-state index contributed by atoms with van der Waals surface area (Å²) < 4.78 is 17.9. The number of anilines is 2. The first-order chi connectivity index (χ1) is 9.04. The van der Waals surface area contributed by atoms with Gasteiger partial charge in [-0.2, -0.15) is 0 Å². The van der Waals surface area contributed by atoms with Crippen molar-refractivity contribution in [3.63, 3.8) is 0 Å². The van der Waals surface area contributed by atoms with Crippen molar-refractivity contribution in [1.29, 1.82) is 0 Å². The molecule has 6 nitrogen and oxygen atoms in total. The van der Waals surface area contributed by atoms with Crippen molar-refractivity contribution in [3.8, 4) is 0 Å². The Morgan fingerprint density at radius 2 is 2.32 bits per heavy atom. The summed E-state index contributed by atoms with van der Waals surface area (Å²) in [7, 11) is 0. The number of carbonyl (C=O) groups is 1. The van der Waals surface area contributed by atoms with E-state index in [1.807, 2.05) is 0 Å². The van der Waals surface area contributed by atoms with E-state index >= 15 is 0 Å². The maximum Gasteiger partial charge on any atom is 0.277 e. The molecule has 0 aliphatic rings. The maximum atomic E-state index is 12.8. The van der Waals surface area contributed by atoms with E-state index < -0.39 is 5.82 Å². The van der Waals surface area contributed by atoms with E-state index in [4.69, 9.17) is 10.2 Å². The fraction of sp³-hybridized carbons (Fsp3) is 0.182. The molecule has 0 aliphatic heterocycles. The zero-order valence-electron chi connectivity index (χ0n) is 10.0. The van der Waals surface area contributed by atoms with E-state index in [1.54, 1.807) is 6.92 Å². The Labute approximate surface area is 112 Å². The average molecular weight is 282 g/mol. The molecule has 1 amide bonds. The summed E-state index contributed by atoms with van der Waals surface area (Å²) in [6, 6.07) is 3.77. The number of benzene rings is 1. The SMILES string of the molecule is Cc1nnc(SCC(=O)Nc2ccc(F)cc2N)o1. The predicted molar refractivity (Wildman–Crippen MR) is 69.2 cm³/mol. The molecule has 0 atom stereocenters. The number of carbonyl (C=O) groups excluding carboxylic acids is 1. The Bertz CT molecular complexity index is 602. The van der Waals surface area contributed by atoms with Gasteiger partial charge < -0.3 is 15.5 Å². The van der Waals surface area contributed by atoms with E-state index in [9.17, 15) is 9.18 Å². The van der Waals surface area contributed by atoms with Gasteiger partial charge in [0.1, 0.15) is 5.82 Å². The number of hydrogen-bond acceptors (Lipinski definition) is 6. The van der Waals surface area contributed by atoms with Gasteiger partial charge in [-0.25, -0.2) is 4.39 Å². The number of amides is 1. The molecule has 2 aromatic rings. The van der Waals surface area contributed by atoms with Crippen molar-refractivity contribution >= 4 is 29.0 Å². The summed E-state index contributed by atoms with van der Waals surface area (Å²) in [4.78, 5) is 11.7. The van der Waals surface area contributed by atoms with Crippen molar-refractivity contribution < 1.29 is 13.6 Å². The number of thioether (sulfide) groups is 1. The molecule has 0 unspecified atom stereocenters. The molecule has 1 aromatic heterocycles. The van der Waals surface area contributed by atoms with Crippen molar-refractivity contribution in [2.24, 2.45) is 0 Å². The lowest BCUT2D eigenvalue weighted by Gasteiger charge is -2.07. The monoisotopic (exact) mass is 282 g/mol. The van der Waals surface area contributed by atoms with Crippen LogP contribution in [-0.2, 0) is 4.79 Å². The lowest BCUT2D eigenvalue weighted by atomic mass is 10.2. The number of aromatic nitrogens is 2. The molecule has 3 N–H and O–H groups in total. The minimum absolute atomic E-state index is 0.0957. The van der Waals surface area contributed by atoms with Crippen molar-refractivity contribution in [1.82, 2.24) is 10.2 Å². The highest BCUT2D eigenvalue weighted by Crippen LogP contribution is 2.20. The number of rotatable bonds is 4. The Morgan fingerprint density at radius 3 is 2.95 bits per heavy atom. The molecule has 0 bridgehead atoms. The molecule has 100 valence electrons. The molecule has 0 aliphatic carbocycles. The second-order valence-corrected chi connectivity index (χ2v) is 4.58. The predicted octanol–water partition coefficient (Wildman–Crippen LogP) is 1.83. The van der Waals surface area contributed by atoms with E-state index in [0.29, 0.717) is 16.8 Å². The minimum atomic E-state index is -0.453. The zero-order valence-corrected chi connectivity index (χ0v) is 10.8. The van der Waals surface area contributed by atoms with Gasteiger partial charge in [0.25, 0.3) is 5.22 Å². The number of nitrogen functional groups attached to an aromatic ring is 1. The van der Waals surface area contributed by atoms with Crippen molar-refractivity contribution in [2.45, 2.75) is 12.1 Å². The molecule has 1 heterocycles. The number of halogens is 1. The van der Waals surface area contributed by atoms with Crippen LogP contribution in [0.5, 0.6) is 0 Å². The van der Waals surface area contributed by atoms with Crippen LogP contribution in [0.4, 0.5) is 15.8 Å². The number of hydrogen-bond donors (Lipinski definition) is 2. The normalized spacial score (nSPS) is 10.4. The van der Waals surface area contributed by atoms with Crippen LogP contribution >= 0.6 is 11.8 Å². The third-order valence-electron chi connectivity index (χ3n) is 2.12. The lowest BCUT2D eigenvalue weighted by molar-refractivity contribution is -0.113. The second-order valence-electron chi connectivity index (χ2n) is 3.66. The molecule has 0 saturated heterocycles. The molecule has 19 heavy (non-hydrogen) atoms. The third kappa shape index (κ3) is 3.68. The van der Waals surface area contributed by atoms with Gasteiger partial charge in [-0.1, -0.05) is 11.8 Å². The summed E-state index contributed by atoms with van der Waals surface area (Å²) >= 11 is 1.11. The average Bonchev–Trinajstić information content (AvgIpc) is 2.76. The molecule has 8 heteroatoms. The molecule has 0 saturated carbocycles. The fourth-order valence-electron chi connectivity index (χ4n) is 1.30. The van der Waals surface area contributed by atoms with Crippen LogP contribution in [0.1, 0.15) is 5.89 Å². The van der Waals surface area contributed by atoms with E-state index in [2.05, 4.69) is 15.5 Å². The summed E-state index contributed by atoms with van der Waals surface area (Å²) in [5, 5.41) is 10.3. The van der Waals surface area contributed by atoms with Crippen LogP contribution < -0.4 is 11.1 Å². The van der Waals surface area contributed by atoms with Crippen LogP contribution in [0.25, 0.3) is 0 Å². The third-order valence-corrected chi connectivity index (χ3v) is 2.94. The smallest absolute Gasteiger partial charge is 0.277 e. The second kappa shape index (κ2) is 5.70. The fourth-order valence-corrected chi connectivity index (χ4v) is 1.90. The number of nitrogens with zero attached hydrogens (tertiary/aromatic N) is 2. The van der Waals surface area contributed by atoms with Gasteiger partial charge in [0.15, 0.2) is 0 Å². The summed E-state index contributed by atoms with van der Waals surface area (Å²) in [5.74, 6) is -0.214. The van der Waals surface area contributed by atoms with Crippen LogP contribution in [-0.4, -0.2) is 21.9 Å². The molecule has 0 fully saturated rings. The summed E-state index contributed by atoms with van der Waals surface area (Å²) in [6.45, 7) is 1.66. The highest BCUT2D eigenvalue weighted by molar-refractivity contribution is 7.99. The Kier molecular flexibility index (Phi) is 4.00.